The molecule has 4 nitrogen and oxygen atoms in total. The molecular formula is C25H26N4P+. The van der Waals surface area contributed by atoms with Gasteiger partial charge in [-0.3, -0.25) is 0 Å². The van der Waals surface area contributed by atoms with Gasteiger partial charge in [-0.15, -0.1) is 0 Å². The lowest BCUT2D eigenvalue weighted by Gasteiger charge is -2.30. The van der Waals surface area contributed by atoms with Crippen LogP contribution in [0.2, 0.25) is 0 Å². The summed E-state index contributed by atoms with van der Waals surface area (Å²) < 4.78 is 0. The third kappa shape index (κ3) is 5.11. The Labute approximate surface area is 178 Å². The highest BCUT2D eigenvalue weighted by molar-refractivity contribution is 7.81. The molecule has 5 heteroatoms. The second-order valence-corrected chi connectivity index (χ2v) is 9.27. The molecule has 0 saturated heterocycles. The van der Waals surface area contributed by atoms with Crippen molar-refractivity contribution < 1.29 is 0 Å². The number of benzene rings is 4. The zero-order valence-corrected chi connectivity index (χ0v) is 17.8. The van der Waals surface area contributed by atoms with Crippen LogP contribution in [0.4, 0.5) is 22.7 Å². The van der Waals surface area contributed by atoms with Crippen LogP contribution in [0.3, 0.4) is 0 Å². The molecule has 150 valence electrons. The van der Waals surface area contributed by atoms with Crippen molar-refractivity contribution in [1.82, 2.24) is 0 Å². The molecule has 4 aromatic rings. The van der Waals surface area contributed by atoms with Crippen molar-refractivity contribution in [3.05, 3.63) is 121 Å². The summed E-state index contributed by atoms with van der Waals surface area (Å²) in [4.78, 5) is 0. The monoisotopic (exact) mass is 413 g/mol. The predicted octanol–water partition coefficient (Wildman–Crippen LogP) is 7.42. The van der Waals surface area contributed by atoms with Crippen molar-refractivity contribution in [2.45, 2.75) is 6.92 Å². The van der Waals surface area contributed by atoms with Gasteiger partial charge in [-0.2, -0.15) is 0 Å². The number of aryl methyl sites for hydroxylation is 1. The number of anilines is 4. The SMILES string of the molecule is Cc1ccccc1N[P+](Nc1ccccc1)(Nc1ccccc1)Nc1ccccc1. The second-order valence-electron chi connectivity index (χ2n) is 7.03. The molecular weight excluding hydrogens is 387 g/mol. The van der Waals surface area contributed by atoms with Crippen molar-refractivity contribution in [2.75, 3.05) is 20.3 Å². The van der Waals surface area contributed by atoms with Crippen LogP contribution in [-0.4, -0.2) is 0 Å². The first kappa shape index (κ1) is 19.8. The minimum Gasteiger partial charge on any atom is -0.202 e. The maximum atomic E-state index is 3.78. The molecule has 0 amide bonds. The Bertz CT molecular complexity index is 955. The molecule has 0 heterocycles. The minimum atomic E-state index is -2.41. The lowest BCUT2D eigenvalue weighted by molar-refractivity contribution is 1.45. The largest absolute Gasteiger partial charge is 0.395 e. The van der Waals surface area contributed by atoms with E-state index in [0.29, 0.717) is 0 Å². The quantitative estimate of drug-likeness (QED) is 0.227. The number of nitrogens with one attached hydrogen (secondary N) is 4. The normalized spacial score (nSPS) is 10.8. The summed E-state index contributed by atoms with van der Waals surface area (Å²) in [7, 11) is -2.41. The van der Waals surface area contributed by atoms with Crippen LogP contribution >= 0.6 is 7.87 Å². The summed E-state index contributed by atoms with van der Waals surface area (Å²) in [5.41, 5.74) is 5.33. The molecule has 0 atom stereocenters. The van der Waals surface area contributed by atoms with Crippen LogP contribution in [-0.2, 0) is 0 Å². The van der Waals surface area contributed by atoms with Crippen molar-refractivity contribution in [3.63, 3.8) is 0 Å². The molecule has 4 aromatic carbocycles. The highest BCUT2D eigenvalue weighted by atomic mass is 31.2. The molecule has 0 unspecified atom stereocenters. The van der Waals surface area contributed by atoms with E-state index in [1.807, 2.05) is 54.6 Å². The Hall–Kier alpha value is -3.49. The van der Waals surface area contributed by atoms with Gasteiger partial charge in [-0.25, -0.2) is 20.3 Å². The highest BCUT2D eigenvalue weighted by Crippen LogP contribution is 2.56. The van der Waals surface area contributed by atoms with E-state index in [9.17, 15) is 0 Å². The fraction of sp³-hybridized carbons (Fsp3) is 0.0400. The maximum Gasteiger partial charge on any atom is 0.395 e. The van der Waals surface area contributed by atoms with Gasteiger partial charge in [0.2, 0.25) is 0 Å². The van der Waals surface area contributed by atoms with Gasteiger partial charge in [0.05, 0.1) is 22.7 Å². The zero-order valence-electron chi connectivity index (χ0n) is 16.9. The molecule has 4 N–H and O–H groups in total. The number of hydrogen-bond donors (Lipinski definition) is 4. The summed E-state index contributed by atoms with van der Waals surface area (Å²) in [6.45, 7) is 2.12. The van der Waals surface area contributed by atoms with Crippen LogP contribution in [0.1, 0.15) is 5.56 Å². The molecule has 0 aromatic heterocycles. The first-order valence-corrected chi connectivity index (χ1v) is 11.7. The molecule has 0 saturated carbocycles. The van der Waals surface area contributed by atoms with E-state index in [1.165, 1.54) is 5.56 Å². The summed E-state index contributed by atoms with van der Waals surface area (Å²) in [6.07, 6.45) is 0. The van der Waals surface area contributed by atoms with E-state index in [-0.39, 0.29) is 0 Å². The molecule has 0 fully saturated rings. The molecule has 0 aliphatic carbocycles. The fourth-order valence-corrected chi connectivity index (χ4v) is 5.72. The molecule has 30 heavy (non-hydrogen) atoms. The first-order valence-electron chi connectivity index (χ1n) is 9.95. The van der Waals surface area contributed by atoms with Crippen LogP contribution in [0, 0.1) is 6.92 Å². The van der Waals surface area contributed by atoms with Gasteiger partial charge in [0.1, 0.15) is 0 Å². The van der Waals surface area contributed by atoms with Gasteiger partial charge >= 0.3 is 7.87 Å². The lowest BCUT2D eigenvalue weighted by atomic mass is 10.2. The Morgan fingerprint density at radius 2 is 0.800 bits per heavy atom. The molecule has 0 aliphatic heterocycles. The lowest BCUT2D eigenvalue weighted by Crippen LogP contribution is -2.27. The Morgan fingerprint density at radius 1 is 0.433 bits per heavy atom. The van der Waals surface area contributed by atoms with Crippen LogP contribution in [0.15, 0.2) is 115 Å². The van der Waals surface area contributed by atoms with Gasteiger partial charge in [0.15, 0.2) is 0 Å². The van der Waals surface area contributed by atoms with Crippen LogP contribution in [0.25, 0.3) is 0 Å². The Kier molecular flexibility index (Phi) is 6.17. The molecule has 0 aliphatic rings. The molecule has 0 radical (unpaired) electrons. The number of rotatable bonds is 8. The third-order valence-electron chi connectivity index (χ3n) is 4.65. The van der Waals surface area contributed by atoms with E-state index in [2.05, 4.69) is 87.9 Å². The Balaban J connectivity index is 1.78. The Morgan fingerprint density at radius 3 is 1.20 bits per heavy atom. The van der Waals surface area contributed by atoms with Gasteiger partial charge in [0, 0.05) is 0 Å². The first-order chi connectivity index (χ1) is 14.7. The summed E-state index contributed by atoms with van der Waals surface area (Å²) >= 11 is 0. The number of hydrogen-bond acceptors (Lipinski definition) is 4. The van der Waals surface area contributed by atoms with Gasteiger partial charge < -0.3 is 0 Å². The van der Waals surface area contributed by atoms with Crippen molar-refractivity contribution in [1.29, 1.82) is 0 Å². The fourth-order valence-electron chi connectivity index (χ4n) is 3.17. The molecule has 4 rings (SSSR count). The van der Waals surface area contributed by atoms with E-state index in [0.717, 1.165) is 22.7 Å². The van der Waals surface area contributed by atoms with Crippen LogP contribution < -0.4 is 20.3 Å². The topological polar surface area (TPSA) is 48.1 Å². The van der Waals surface area contributed by atoms with Gasteiger partial charge in [-0.1, -0.05) is 72.8 Å². The van der Waals surface area contributed by atoms with Gasteiger partial charge in [0.25, 0.3) is 0 Å². The summed E-state index contributed by atoms with van der Waals surface area (Å²) in [5.74, 6) is 0. The van der Waals surface area contributed by atoms with E-state index in [1.54, 1.807) is 0 Å². The van der Waals surface area contributed by atoms with Crippen molar-refractivity contribution in [3.8, 4) is 0 Å². The predicted molar refractivity (Wildman–Crippen MR) is 132 cm³/mol. The van der Waals surface area contributed by atoms with Crippen LogP contribution in [0.5, 0.6) is 0 Å². The third-order valence-corrected chi connectivity index (χ3v) is 7.00. The van der Waals surface area contributed by atoms with Gasteiger partial charge in [-0.05, 0) is 55.0 Å². The average Bonchev–Trinajstić information content (AvgIpc) is 2.77. The second kappa shape index (κ2) is 9.34. The number of para-hydroxylation sites is 4. The van der Waals surface area contributed by atoms with Crippen molar-refractivity contribution >= 4 is 30.6 Å². The smallest absolute Gasteiger partial charge is 0.202 e. The standard InChI is InChI=1S/C25H26N4P/c1-21-13-11-12-20-25(21)29-30(26-22-14-5-2-6-15-22,27-23-16-7-3-8-17-23)28-24-18-9-4-10-19-24/h2-20,26-29H,1H3/q+1. The van der Waals surface area contributed by atoms with E-state index < -0.39 is 7.87 Å². The molecule has 0 spiro atoms. The summed E-state index contributed by atoms with van der Waals surface area (Å²) in [5, 5.41) is 15.0. The molecule has 0 bridgehead atoms. The zero-order chi connectivity index (χ0) is 20.7. The van der Waals surface area contributed by atoms with E-state index in [4.69, 9.17) is 0 Å². The summed E-state index contributed by atoms with van der Waals surface area (Å²) in [6, 6.07) is 39.1. The van der Waals surface area contributed by atoms with E-state index >= 15 is 0 Å². The minimum absolute atomic E-state index is 1.03. The highest BCUT2D eigenvalue weighted by Gasteiger charge is 2.41. The maximum absolute atomic E-state index is 3.78. The van der Waals surface area contributed by atoms with Crippen molar-refractivity contribution in [2.24, 2.45) is 0 Å². The average molecular weight is 413 g/mol.